The van der Waals surface area contributed by atoms with E-state index in [2.05, 4.69) is 72.6 Å². The first kappa shape index (κ1) is 17.7. The highest BCUT2D eigenvalue weighted by atomic mass is 16.1. The zero-order chi connectivity index (χ0) is 18.4. The van der Waals surface area contributed by atoms with E-state index < -0.39 is 0 Å². The molecule has 0 aliphatic carbocycles. The molecule has 0 saturated heterocycles. The van der Waals surface area contributed by atoms with Gasteiger partial charge in [-0.3, -0.25) is 4.79 Å². The summed E-state index contributed by atoms with van der Waals surface area (Å²) in [6.45, 7) is 5.76. The molecule has 0 bridgehead atoms. The molecular weight excluding hydrogens is 318 g/mol. The highest BCUT2D eigenvalue weighted by Crippen LogP contribution is 2.22. The van der Waals surface area contributed by atoms with Crippen molar-refractivity contribution < 1.29 is 4.79 Å². The molecule has 0 aliphatic heterocycles. The molecule has 0 aliphatic rings. The van der Waals surface area contributed by atoms with Crippen LogP contribution in [-0.2, 0) is 11.2 Å². The highest BCUT2D eigenvalue weighted by molar-refractivity contribution is 5.86. The second-order valence-corrected chi connectivity index (χ2v) is 6.32. The number of carbonyl (C=O) groups excluding carboxylic acids is 1. The van der Waals surface area contributed by atoms with Crippen molar-refractivity contribution in [1.82, 2.24) is 5.32 Å². The smallest absolute Gasteiger partial charge is 0.224 e. The summed E-state index contributed by atoms with van der Waals surface area (Å²) in [5.74, 6) is -0.0203. The maximum Gasteiger partial charge on any atom is 0.224 e. The number of rotatable bonds is 6. The van der Waals surface area contributed by atoms with Gasteiger partial charge in [0.2, 0.25) is 5.91 Å². The molecule has 3 aromatic rings. The minimum absolute atomic E-state index is 0.0203. The molecule has 3 aromatic carbocycles. The van der Waals surface area contributed by atoms with Gasteiger partial charge in [-0.05, 0) is 34.2 Å². The van der Waals surface area contributed by atoms with Gasteiger partial charge in [0.05, 0.1) is 0 Å². The lowest BCUT2D eigenvalue weighted by molar-refractivity contribution is -0.119. The molecule has 26 heavy (non-hydrogen) atoms. The van der Waals surface area contributed by atoms with Crippen LogP contribution in [0.3, 0.4) is 0 Å². The van der Waals surface area contributed by atoms with E-state index in [0.29, 0.717) is 12.1 Å². The Morgan fingerprint density at radius 1 is 0.808 bits per heavy atom. The lowest BCUT2D eigenvalue weighted by Crippen LogP contribution is -2.19. The number of carbonyl (C=O) groups is 1. The fraction of sp³-hybridized carbons (Fsp3) is 0.125. The number of hydrogen-bond acceptors (Lipinski definition) is 1. The van der Waals surface area contributed by atoms with Gasteiger partial charge in [0.15, 0.2) is 0 Å². The van der Waals surface area contributed by atoms with Crippen molar-refractivity contribution in [3.05, 3.63) is 102 Å². The standard InChI is InChI=1S/C24H23NO/c1-3-24(26)25-18(2)21-13-15-23(16-14-21)22-11-9-20(10-12-22)17-19-7-5-4-6-8-19/h4-16H,2-3,17H2,1H3,(H,25,26). The van der Waals surface area contributed by atoms with Crippen molar-refractivity contribution in [2.75, 3.05) is 0 Å². The van der Waals surface area contributed by atoms with E-state index in [1.807, 2.05) is 25.1 Å². The maximum absolute atomic E-state index is 11.5. The van der Waals surface area contributed by atoms with Gasteiger partial charge in [-0.25, -0.2) is 0 Å². The fourth-order valence-electron chi connectivity index (χ4n) is 2.84. The van der Waals surface area contributed by atoms with Crippen molar-refractivity contribution in [3.63, 3.8) is 0 Å². The van der Waals surface area contributed by atoms with E-state index in [1.165, 1.54) is 16.7 Å². The van der Waals surface area contributed by atoms with Gasteiger partial charge < -0.3 is 5.32 Å². The van der Waals surface area contributed by atoms with E-state index in [0.717, 1.165) is 17.5 Å². The Hall–Kier alpha value is -3.13. The molecule has 0 saturated carbocycles. The van der Waals surface area contributed by atoms with Gasteiger partial charge in [-0.15, -0.1) is 0 Å². The minimum atomic E-state index is -0.0203. The monoisotopic (exact) mass is 341 g/mol. The third-order valence-corrected chi connectivity index (χ3v) is 4.38. The van der Waals surface area contributed by atoms with Crippen LogP contribution < -0.4 is 5.32 Å². The lowest BCUT2D eigenvalue weighted by atomic mass is 9.99. The lowest BCUT2D eigenvalue weighted by Gasteiger charge is -2.09. The summed E-state index contributed by atoms with van der Waals surface area (Å²) in [4.78, 5) is 11.5. The second-order valence-electron chi connectivity index (χ2n) is 6.32. The highest BCUT2D eigenvalue weighted by Gasteiger charge is 2.04. The molecule has 3 rings (SSSR count). The van der Waals surface area contributed by atoms with Gasteiger partial charge in [0.1, 0.15) is 0 Å². The molecule has 0 atom stereocenters. The summed E-state index contributed by atoms with van der Waals surface area (Å²) in [5, 5.41) is 2.80. The van der Waals surface area contributed by atoms with Gasteiger partial charge in [0.25, 0.3) is 0 Å². The fourth-order valence-corrected chi connectivity index (χ4v) is 2.84. The van der Waals surface area contributed by atoms with Gasteiger partial charge in [0, 0.05) is 12.1 Å². The molecule has 1 N–H and O–H groups in total. The van der Waals surface area contributed by atoms with Crippen molar-refractivity contribution >= 4 is 11.6 Å². The van der Waals surface area contributed by atoms with Crippen molar-refractivity contribution in [2.45, 2.75) is 19.8 Å². The summed E-state index contributed by atoms with van der Waals surface area (Å²) in [5.41, 5.74) is 6.51. The number of nitrogens with one attached hydrogen (secondary N) is 1. The topological polar surface area (TPSA) is 29.1 Å². The van der Waals surface area contributed by atoms with Crippen LogP contribution in [0.25, 0.3) is 16.8 Å². The molecular formula is C24H23NO. The Morgan fingerprint density at radius 2 is 1.35 bits per heavy atom. The average molecular weight is 341 g/mol. The summed E-state index contributed by atoms with van der Waals surface area (Å²) >= 11 is 0. The predicted octanol–water partition coefficient (Wildman–Crippen LogP) is 5.44. The first-order valence-corrected chi connectivity index (χ1v) is 8.88. The van der Waals surface area contributed by atoms with Crippen LogP contribution in [0.5, 0.6) is 0 Å². The van der Waals surface area contributed by atoms with E-state index in [-0.39, 0.29) is 5.91 Å². The zero-order valence-electron chi connectivity index (χ0n) is 15.0. The summed E-state index contributed by atoms with van der Waals surface area (Å²) in [6, 6.07) is 27.2. The molecule has 2 heteroatoms. The average Bonchev–Trinajstić information content (AvgIpc) is 2.69. The van der Waals surface area contributed by atoms with Gasteiger partial charge in [-0.1, -0.05) is 92.4 Å². The Bertz CT molecular complexity index is 878. The number of benzene rings is 3. The minimum Gasteiger partial charge on any atom is -0.326 e. The molecule has 2 nitrogen and oxygen atoms in total. The van der Waals surface area contributed by atoms with Gasteiger partial charge in [-0.2, -0.15) is 0 Å². The Labute approximate surface area is 155 Å². The third-order valence-electron chi connectivity index (χ3n) is 4.38. The van der Waals surface area contributed by atoms with E-state index in [4.69, 9.17) is 0 Å². The van der Waals surface area contributed by atoms with Crippen molar-refractivity contribution in [3.8, 4) is 11.1 Å². The molecule has 0 aromatic heterocycles. The van der Waals surface area contributed by atoms with E-state index >= 15 is 0 Å². The second kappa shape index (κ2) is 8.30. The first-order chi connectivity index (χ1) is 12.7. The molecule has 0 fully saturated rings. The molecule has 0 radical (unpaired) electrons. The van der Waals surface area contributed by atoms with Crippen LogP contribution in [0.15, 0.2) is 85.4 Å². The normalized spacial score (nSPS) is 10.3. The van der Waals surface area contributed by atoms with E-state index in [1.54, 1.807) is 0 Å². The summed E-state index contributed by atoms with van der Waals surface area (Å²) < 4.78 is 0. The summed E-state index contributed by atoms with van der Waals surface area (Å²) in [7, 11) is 0. The molecule has 0 unspecified atom stereocenters. The van der Waals surface area contributed by atoms with Crippen LogP contribution >= 0.6 is 0 Å². The van der Waals surface area contributed by atoms with E-state index in [9.17, 15) is 4.79 Å². The van der Waals surface area contributed by atoms with Crippen molar-refractivity contribution in [2.24, 2.45) is 0 Å². The Balaban J connectivity index is 1.69. The Kier molecular flexibility index (Phi) is 5.65. The number of hydrogen-bond donors (Lipinski definition) is 1. The van der Waals surface area contributed by atoms with Crippen LogP contribution in [-0.4, -0.2) is 5.91 Å². The van der Waals surface area contributed by atoms with Crippen LogP contribution in [0.2, 0.25) is 0 Å². The van der Waals surface area contributed by atoms with Crippen LogP contribution in [0.1, 0.15) is 30.0 Å². The molecule has 0 spiro atoms. The third kappa shape index (κ3) is 4.48. The van der Waals surface area contributed by atoms with Crippen molar-refractivity contribution in [1.29, 1.82) is 0 Å². The molecule has 130 valence electrons. The quantitative estimate of drug-likeness (QED) is 0.635. The largest absolute Gasteiger partial charge is 0.326 e. The number of amides is 1. The molecule has 1 amide bonds. The molecule has 0 heterocycles. The first-order valence-electron chi connectivity index (χ1n) is 8.88. The van der Waals surface area contributed by atoms with Crippen LogP contribution in [0, 0.1) is 0 Å². The van der Waals surface area contributed by atoms with Gasteiger partial charge >= 0.3 is 0 Å². The van der Waals surface area contributed by atoms with Crippen LogP contribution in [0.4, 0.5) is 0 Å². The SMILES string of the molecule is C=C(NC(=O)CC)c1ccc(-c2ccc(Cc3ccccc3)cc2)cc1. The summed E-state index contributed by atoms with van der Waals surface area (Å²) in [6.07, 6.45) is 1.39. The Morgan fingerprint density at radius 3 is 1.92 bits per heavy atom. The maximum atomic E-state index is 11.5. The zero-order valence-corrected chi connectivity index (χ0v) is 15.0. The predicted molar refractivity (Wildman–Crippen MR) is 109 cm³/mol.